The van der Waals surface area contributed by atoms with Gasteiger partial charge >= 0.3 is 0 Å². The van der Waals surface area contributed by atoms with E-state index in [0.29, 0.717) is 20.7 Å². The number of nitrogens with zero attached hydrogens (tertiary/aromatic N) is 4. The van der Waals surface area contributed by atoms with E-state index in [2.05, 4.69) is 30.9 Å². The summed E-state index contributed by atoms with van der Waals surface area (Å²) in [5.41, 5.74) is 4.65. The van der Waals surface area contributed by atoms with Crippen LogP contribution >= 0.6 is 11.3 Å². The summed E-state index contributed by atoms with van der Waals surface area (Å²) in [5, 5.41) is 11.6. The fourth-order valence-corrected chi connectivity index (χ4v) is 6.37. The first-order valence-corrected chi connectivity index (χ1v) is 13.5. The lowest BCUT2D eigenvalue weighted by Crippen LogP contribution is -2.38. The fraction of sp³-hybridized carbons (Fsp3) is 0.241. The number of aryl methyl sites for hydroxylation is 1. The summed E-state index contributed by atoms with van der Waals surface area (Å²) in [6.45, 7) is 5.78. The number of allylic oxidation sites excluding steroid dienone is 1. The molecule has 0 spiro atoms. The number of nitro groups is 1. The molecule has 0 radical (unpaired) electrons. The molecule has 2 aromatic heterocycles. The van der Waals surface area contributed by atoms with Crippen molar-refractivity contribution in [1.82, 2.24) is 4.57 Å². The molecular weight excluding hydrogens is 500 g/mol. The smallest absolute Gasteiger partial charge is 0.271 e. The standard InChI is InChI=1S/C29H26N4O4S/c1-3-31(4-2)25-15-13-21(37-25)17-24-28(34)32-27(19-9-7-10-20(16-19)33(35)36)23-14-12-18-8-5-6-11-22(18)26(23)30-29(32)38-24/h5-11,13,15-17,27H,3-4,12,14H2,1-2H3/b24-17-/t27-/m1/s1. The van der Waals surface area contributed by atoms with Crippen LogP contribution in [0.4, 0.5) is 11.6 Å². The molecular formula is C29H26N4O4S. The SMILES string of the molecule is CCN(CC)c1ccc(/C=c2\sc3n(c2=O)[C@H](c2cccc([N+](=O)[O-])c2)C2=C(N=3)c3ccccc3CC2)o1. The van der Waals surface area contributed by atoms with Crippen LogP contribution in [-0.4, -0.2) is 22.6 Å². The van der Waals surface area contributed by atoms with Crippen LogP contribution in [0.1, 0.15) is 48.8 Å². The van der Waals surface area contributed by atoms with Crippen molar-refractivity contribution in [3.63, 3.8) is 0 Å². The molecule has 1 aliphatic heterocycles. The average Bonchev–Trinajstić information content (AvgIpc) is 3.52. The molecule has 192 valence electrons. The number of non-ortho nitro benzene ring substituents is 1. The zero-order chi connectivity index (χ0) is 26.4. The van der Waals surface area contributed by atoms with Crippen LogP contribution < -0.4 is 19.8 Å². The largest absolute Gasteiger partial charge is 0.441 e. The minimum absolute atomic E-state index is 0.000459. The van der Waals surface area contributed by atoms with Crippen molar-refractivity contribution in [1.29, 1.82) is 0 Å². The molecule has 1 atom stereocenters. The Hall–Kier alpha value is -4.24. The first kappa shape index (κ1) is 24.1. The molecule has 0 amide bonds. The normalized spacial score (nSPS) is 16.5. The predicted octanol–water partition coefficient (Wildman–Crippen LogP) is 4.67. The second kappa shape index (κ2) is 9.57. The van der Waals surface area contributed by atoms with Crippen molar-refractivity contribution in [3.05, 3.63) is 118 Å². The number of furan rings is 1. The Labute approximate surface area is 222 Å². The predicted molar refractivity (Wildman–Crippen MR) is 148 cm³/mol. The van der Waals surface area contributed by atoms with Crippen molar-refractivity contribution in [2.24, 2.45) is 4.99 Å². The highest BCUT2D eigenvalue weighted by atomic mass is 32.1. The maximum absolute atomic E-state index is 13.9. The summed E-state index contributed by atoms with van der Waals surface area (Å²) in [7, 11) is 0. The average molecular weight is 527 g/mol. The maximum atomic E-state index is 13.9. The minimum atomic E-state index is -0.473. The van der Waals surface area contributed by atoms with Crippen LogP contribution in [-0.2, 0) is 6.42 Å². The molecule has 2 aliphatic rings. The number of fused-ring (bicyclic) bond motifs is 3. The number of aromatic nitrogens is 1. The summed E-state index contributed by atoms with van der Waals surface area (Å²) in [6.07, 6.45) is 3.30. The van der Waals surface area contributed by atoms with E-state index in [-0.39, 0.29) is 11.2 Å². The van der Waals surface area contributed by atoms with Gasteiger partial charge in [-0.3, -0.25) is 19.5 Å². The highest BCUT2D eigenvalue weighted by Crippen LogP contribution is 2.41. The monoisotopic (exact) mass is 526 g/mol. The molecule has 0 N–H and O–H groups in total. The molecule has 3 heterocycles. The number of anilines is 1. The van der Waals surface area contributed by atoms with Crippen LogP contribution in [0.3, 0.4) is 0 Å². The first-order chi connectivity index (χ1) is 18.5. The topological polar surface area (TPSA) is 93.9 Å². The molecule has 0 saturated heterocycles. The molecule has 4 aromatic rings. The Bertz CT molecular complexity index is 1770. The fourth-order valence-electron chi connectivity index (χ4n) is 5.39. The van der Waals surface area contributed by atoms with Crippen LogP contribution in [0.25, 0.3) is 11.8 Å². The lowest BCUT2D eigenvalue weighted by molar-refractivity contribution is -0.384. The molecule has 0 unspecified atom stereocenters. The van der Waals surface area contributed by atoms with Crippen molar-refractivity contribution < 1.29 is 9.34 Å². The van der Waals surface area contributed by atoms with E-state index in [1.807, 2.05) is 30.3 Å². The van der Waals surface area contributed by atoms with Gasteiger partial charge in [0, 0.05) is 42.9 Å². The Morgan fingerprint density at radius 1 is 1.13 bits per heavy atom. The number of nitro benzene ring substituents is 1. The van der Waals surface area contributed by atoms with Gasteiger partial charge in [-0.2, -0.15) is 0 Å². The van der Waals surface area contributed by atoms with Gasteiger partial charge in [0.25, 0.3) is 11.2 Å². The lowest BCUT2D eigenvalue weighted by atomic mass is 9.83. The summed E-state index contributed by atoms with van der Waals surface area (Å²) in [4.78, 5) is 32.7. The van der Waals surface area contributed by atoms with Crippen molar-refractivity contribution in [3.8, 4) is 0 Å². The number of hydrogen-bond donors (Lipinski definition) is 0. The molecule has 8 nitrogen and oxygen atoms in total. The highest BCUT2D eigenvalue weighted by Gasteiger charge is 2.33. The summed E-state index contributed by atoms with van der Waals surface area (Å²) >= 11 is 1.31. The number of rotatable bonds is 6. The van der Waals surface area contributed by atoms with E-state index in [1.54, 1.807) is 22.8 Å². The number of hydrogen-bond acceptors (Lipinski definition) is 7. The molecule has 2 aromatic carbocycles. The molecule has 0 saturated carbocycles. The van der Waals surface area contributed by atoms with Gasteiger partial charge in [-0.15, -0.1) is 0 Å². The molecule has 1 aliphatic carbocycles. The highest BCUT2D eigenvalue weighted by molar-refractivity contribution is 7.07. The van der Waals surface area contributed by atoms with Gasteiger partial charge in [-0.25, -0.2) is 4.99 Å². The Morgan fingerprint density at radius 3 is 2.74 bits per heavy atom. The third-order valence-corrected chi connectivity index (χ3v) is 8.21. The third kappa shape index (κ3) is 3.99. The Morgan fingerprint density at radius 2 is 1.95 bits per heavy atom. The van der Waals surface area contributed by atoms with E-state index in [1.165, 1.54) is 23.0 Å². The lowest BCUT2D eigenvalue weighted by Gasteiger charge is -2.30. The summed E-state index contributed by atoms with van der Waals surface area (Å²) in [5.74, 6) is 1.36. The third-order valence-electron chi connectivity index (χ3n) is 7.23. The summed E-state index contributed by atoms with van der Waals surface area (Å²) < 4.78 is 8.22. The van der Waals surface area contributed by atoms with Gasteiger partial charge in [0.2, 0.25) is 0 Å². The van der Waals surface area contributed by atoms with Crippen LogP contribution in [0.5, 0.6) is 0 Å². The van der Waals surface area contributed by atoms with E-state index in [0.717, 1.165) is 48.6 Å². The molecule has 9 heteroatoms. The van der Waals surface area contributed by atoms with Crippen LogP contribution in [0.15, 0.2) is 80.4 Å². The van der Waals surface area contributed by atoms with Crippen molar-refractivity contribution >= 4 is 34.7 Å². The van der Waals surface area contributed by atoms with Crippen LogP contribution in [0, 0.1) is 10.1 Å². The van der Waals surface area contributed by atoms with Gasteiger partial charge in [-0.05, 0) is 49.5 Å². The summed E-state index contributed by atoms with van der Waals surface area (Å²) in [6, 6.07) is 18.1. The van der Waals surface area contributed by atoms with Gasteiger partial charge in [-0.1, -0.05) is 47.7 Å². The maximum Gasteiger partial charge on any atom is 0.271 e. The Balaban J connectivity index is 1.56. The quantitative estimate of drug-likeness (QED) is 0.269. The van der Waals surface area contributed by atoms with E-state index >= 15 is 0 Å². The second-order valence-corrected chi connectivity index (χ2v) is 10.3. The zero-order valence-corrected chi connectivity index (χ0v) is 21.9. The van der Waals surface area contributed by atoms with E-state index in [9.17, 15) is 14.9 Å². The minimum Gasteiger partial charge on any atom is -0.441 e. The first-order valence-electron chi connectivity index (χ1n) is 12.7. The molecule has 0 bridgehead atoms. The van der Waals surface area contributed by atoms with E-state index in [4.69, 9.17) is 9.41 Å². The number of benzene rings is 2. The molecule has 38 heavy (non-hydrogen) atoms. The Kier molecular flexibility index (Phi) is 6.07. The van der Waals surface area contributed by atoms with Gasteiger partial charge < -0.3 is 9.32 Å². The van der Waals surface area contributed by atoms with Gasteiger partial charge in [0.05, 0.1) is 21.2 Å². The second-order valence-electron chi connectivity index (χ2n) is 9.31. The molecule has 0 fully saturated rings. The number of thiazole rings is 1. The van der Waals surface area contributed by atoms with Crippen LogP contribution in [0.2, 0.25) is 0 Å². The van der Waals surface area contributed by atoms with Crippen molar-refractivity contribution in [2.75, 3.05) is 18.0 Å². The van der Waals surface area contributed by atoms with E-state index < -0.39 is 11.0 Å². The van der Waals surface area contributed by atoms with Gasteiger partial charge in [0.1, 0.15) is 5.76 Å². The zero-order valence-electron chi connectivity index (χ0n) is 21.1. The van der Waals surface area contributed by atoms with Crippen molar-refractivity contribution in [2.45, 2.75) is 32.7 Å². The molecule has 6 rings (SSSR count). The van der Waals surface area contributed by atoms with Gasteiger partial charge in [0.15, 0.2) is 10.7 Å².